The summed E-state index contributed by atoms with van der Waals surface area (Å²) in [6.45, 7) is 4.86. The van der Waals surface area contributed by atoms with Gasteiger partial charge in [0.05, 0.1) is 6.10 Å². The van der Waals surface area contributed by atoms with E-state index in [1.54, 1.807) is 6.20 Å². The number of anilines is 1. The van der Waals surface area contributed by atoms with Gasteiger partial charge in [0.15, 0.2) is 5.54 Å². The Bertz CT molecular complexity index is 1210. The average Bonchev–Trinajstić information content (AvgIpc) is 3.19. The molecule has 2 aromatic carbocycles. The molecule has 0 unspecified atom stereocenters. The van der Waals surface area contributed by atoms with Gasteiger partial charge < -0.3 is 24.8 Å². The van der Waals surface area contributed by atoms with E-state index in [9.17, 15) is 0 Å². The van der Waals surface area contributed by atoms with Crippen LogP contribution in [-0.2, 0) is 15.0 Å². The second-order valence-electron chi connectivity index (χ2n) is 8.32. The summed E-state index contributed by atoms with van der Waals surface area (Å²) in [4.78, 5) is 11.4. The highest BCUT2D eigenvalue weighted by Gasteiger charge is 2.47. The van der Waals surface area contributed by atoms with E-state index in [-0.39, 0.29) is 12.1 Å². The lowest BCUT2D eigenvalue weighted by atomic mass is 9.80. The molecular weight excluding hydrogens is 404 g/mol. The predicted molar refractivity (Wildman–Crippen MR) is 122 cm³/mol. The van der Waals surface area contributed by atoms with Crippen LogP contribution in [0.15, 0.2) is 65.9 Å². The maximum Gasteiger partial charge on any atom is 0.283 e. The predicted octanol–water partition coefficient (Wildman–Crippen LogP) is 3.67. The fourth-order valence-electron chi connectivity index (χ4n) is 4.74. The number of nitrogens with two attached hydrogens (primary N) is 1. The summed E-state index contributed by atoms with van der Waals surface area (Å²) >= 11 is 0. The van der Waals surface area contributed by atoms with E-state index in [0.29, 0.717) is 6.61 Å². The summed E-state index contributed by atoms with van der Waals surface area (Å²) in [5.74, 6) is 1.54. The molecule has 3 aliphatic heterocycles. The molecule has 7 nitrogen and oxygen atoms in total. The second-order valence-corrected chi connectivity index (χ2v) is 8.32. The third-order valence-electron chi connectivity index (χ3n) is 6.39. The Labute approximate surface area is 186 Å². The smallest absolute Gasteiger partial charge is 0.283 e. The summed E-state index contributed by atoms with van der Waals surface area (Å²) in [7, 11) is 0. The molecule has 3 aromatic rings. The van der Waals surface area contributed by atoms with Crippen molar-refractivity contribution in [1.82, 2.24) is 4.98 Å². The molecule has 1 saturated heterocycles. The molecule has 0 radical (unpaired) electrons. The SMILES string of the molecule is CCOC1CN(c2ccc3c(c2)[C@]2(COC(N)=N2)c2cc(-c4cccnc4)ccc2O3)C1. The monoisotopic (exact) mass is 428 g/mol. The molecule has 1 atom stereocenters. The topological polar surface area (TPSA) is 82.2 Å². The van der Waals surface area contributed by atoms with E-state index in [1.807, 2.05) is 43.5 Å². The highest BCUT2D eigenvalue weighted by Crippen LogP contribution is 2.52. The zero-order valence-corrected chi connectivity index (χ0v) is 17.8. The number of pyridine rings is 1. The Kier molecular flexibility index (Phi) is 4.33. The number of aromatic nitrogens is 1. The molecule has 3 aliphatic rings. The minimum Gasteiger partial charge on any atom is -0.462 e. The molecule has 1 aromatic heterocycles. The number of hydrogen-bond donors (Lipinski definition) is 1. The van der Waals surface area contributed by atoms with Crippen LogP contribution in [0.4, 0.5) is 5.69 Å². The van der Waals surface area contributed by atoms with E-state index in [0.717, 1.165) is 59.1 Å². The Morgan fingerprint density at radius 1 is 1.09 bits per heavy atom. The molecule has 162 valence electrons. The van der Waals surface area contributed by atoms with Gasteiger partial charge in [0, 0.05) is 54.5 Å². The van der Waals surface area contributed by atoms with E-state index in [1.165, 1.54) is 0 Å². The van der Waals surface area contributed by atoms with Crippen LogP contribution in [0.2, 0.25) is 0 Å². The largest absolute Gasteiger partial charge is 0.462 e. The minimum absolute atomic E-state index is 0.196. The zero-order chi connectivity index (χ0) is 21.7. The Morgan fingerprint density at radius 3 is 2.62 bits per heavy atom. The van der Waals surface area contributed by atoms with E-state index in [2.05, 4.69) is 28.1 Å². The highest BCUT2D eigenvalue weighted by atomic mass is 16.5. The molecule has 32 heavy (non-hydrogen) atoms. The third kappa shape index (κ3) is 2.92. The van der Waals surface area contributed by atoms with Crippen LogP contribution < -0.4 is 15.4 Å². The number of nitrogens with zero attached hydrogens (tertiary/aromatic N) is 3. The molecular formula is C25H24N4O3. The Morgan fingerprint density at radius 2 is 1.91 bits per heavy atom. The van der Waals surface area contributed by atoms with Crippen LogP contribution in [-0.4, -0.2) is 43.4 Å². The molecule has 6 rings (SSSR count). The average molecular weight is 428 g/mol. The number of hydrogen-bond acceptors (Lipinski definition) is 7. The molecule has 1 spiro atoms. The molecule has 0 saturated carbocycles. The second kappa shape index (κ2) is 7.24. The highest BCUT2D eigenvalue weighted by molar-refractivity contribution is 5.78. The Hall–Kier alpha value is -3.58. The number of benzene rings is 2. The number of rotatable bonds is 4. The van der Waals surface area contributed by atoms with Gasteiger partial charge in [-0.05, 0) is 48.9 Å². The maximum atomic E-state index is 6.31. The van der Waals surface area contributed by atoms with E-state index in [4.69, 9.17) is 24.9 Å². The van der Waals surface area contributed by atoms with Crippen molar-refractivity contribution in [2.45, 2.75) is 18.6 Å². The van der Waals surface area contributed by atoms with Crippen molar-refractivity contribution < 1.29 is 14.2 Å². The molecule has 7 heteroatoms. The molecule has 2 N–H and O–H groups in total. The number of amidine groups is 1. The zero-order valence-electron chi connectivity index (χ0n) is 17.8. The molecule has 4 heterocycles. The third-order valence-corrected chi connectivity index (χ3v) is 6.39. The summed E-state index contributed by atoms with van der Waals surface area (Å²) < 4.78 is 17.8. The lowest BCUT2D eigenvalue weighted by Crippen LogP contribution is -2.52. The molecule has 0 bridgehead atoms. The van der Waals surface area contributed by atoms with E-state index >= 15 is 0 Å². The maximum absolute atomic E-state index is 6.31. The summed E-state index contributed by atoms with van der Waals surface area (Å²) in [6.07, 6.45) is 3.91. The first kappa shape index (κ1) is 19.1. The molecule has 1 fully saturated rings. The van der Waals surface area contributed by atoms with E-state index < -0.39 is 5.54 Å². The van der Waals surface area contributed by atoms with Gasteiger partial charge in [-0.2, -0.15) is 0 Å². The van der Waals surface area contributed by atoms with Gasteiger partial charge in [-0.15, -0.1) is 0 Å². The molecule has 0 aliphatic carbocycles. The van der Waals surface area contributed by atoms with Crippen LogP contribution in [0, 0.1) is 0 Å². The first-order valence-corrected chi connectivity index (χ1v) is 10.9. The Balaban J connectivity index is 1.44. The first-order valence-electron chi connectivity index (χ1n) is 10.9. The normalized spacial score (nSPS) is 21.3. The minimum atomic E-state index is -0.745. The van der Waals surface area contributed by atoms with Crippen LogP contribution in [0.1, 0.15) is 18.1 Å². The van der Waals surface area contributed by atoms with Crippen molar-refractivity contribution in [2.75, 3.05) is 31.2 Å². The van der Waals surface area contributed by atoms with Crippen molar-refractivity contribution in [1.29, 1.82) is 0 Å². The van der Waals surface area contributed by atoms with Gasteiger partial charge in [-0.3, -0.25) is 4.98 Å². The van der Waals surface area contributed by atoms with Crippen LogP contribution >= 0.6 is 0 Å². The van der Waals surface area contributed by atoms with Crippen molar-refractivity contribution in [3.63, 3.8) is 0 Å². The van der Waals surface area contributed by atoms with Gasteiger partial charge in [0.1, 0.15) is 18.1 Å². The van der Waals surface area contributed by atoms with Gasteiger partial charge in [-0.25, -0.2) is 4.99 Å². The quantitative estimate of drug-likeness (QED) is 0.683. The molecule has 0 amide bonds. The first-order chi connectivity index (χ1) is 15.7. The lowest BCUT2D eigenvalue weighted by molar-refractivity contribution is 0.0430. The summed E-state index contributed by atoms with van der Waals surface area (Å²) in [5.41, 5.74) is 10.4. The summed E-state index contributed by atoms with van der Waals surface area (Å²) in [6, 6.07) is 16.6. The van der Waals surface area contributed by atoms with Gasteiger partial charge in [0.2, 0.25) is 0 Å². The standard InChI is InChI=1S/C25H24N4O3/c1-2-30-19-13-29(14-19)18-6-8-23-21(11-18)25(15-31-24(26)28-25)20-10-16(5-7-22(20)32-23)17-4-3-9-27-12-17/h3-12,19H,2,13-15H2,1H3,(H2,26,28)/t25-/m0/s1. The van der Waals surface area contributed by atoms with Gasteiger partial charge >= 0.3 is 0 Å². The fourth-order valence-corrected chi connectivity index (χ4v) is 4.74. The van der Waals surface area contributed by atoms with Crippen LogP contribution in [0.5, 0.6) is 11.5 Å². The number of fused-ring (bicyclic) bond motifs is 4. The lowest BCUT2D eigenvalue weighted by Gasteiger charge is -2.41. The van der Waals surface area contributed by atoms with Crippen LogP contribution in [0.25, 0.3) is 11.1 Å². The van der Waals surface area contributed by atoms with Crippen molar-refractivity contribution in [3.8, 4) is 22.6 Å². The van der Waals surface area contributed by atoms with Gasteiger partial charge in [-0.1, -0.05) is 12.1 Å². The van der Waals surface area contributed by atoms with Gasteiger partial charge in [0.25, 0.3) is 6.02 Å². The van der Waals surface area contributed by atoms with Crippen molar-refractivity contribution in [2.24, 2.45) is 10.7 Å². The van der Waals surface area contributed by atoms with Crippen LogP contribution in [0.3, 0.4) is 0 Å². The summed E-state index contributed by atoms with van der Waals surface area (Å²) in [5, 5.41) is 0. The fraction of sp³-hybridized carbons (Fsp3) is 0.280. The number of aliphatic imine (C=N–C) groups is 1. The number of ether oxygens (including phenoxy) is 3. The van der Waals surface area contributed by atoms with Crippen molar-refractivity contribution >= 4 is 11.7 Å². The van der Waals surface area contributed by atoms with Crippen molar-refractivity contribution in [3.05, 3.63) is 72.1 Å².